The lowest BCUT2D eigenvalue weighted by Crippen LogP contribution is -2.45. The fourth-order valence-corrected chi connectivity index (χ4v) is 4.10. The zero-order valence-corrected chi connectivity index (χ0v) is 15.9. The zero-order chi connectivity index (χ0) is 16.4. The molecule has 2 heterocycles. The molecule has 0 saturated heterocycles. The van der Waals surface area contributed by atoms with Gasteiger partial charge in [-0.05, 0) is 37.5 Å². The number of aryl methyl sites for hydroxylation is 1. The number of hydrogen-bond acceptors (Lipinski definition) is 3. The first-order chi connectivity index (χ1) is 10.9. The molecule has 1 spiro atoms. The van der Waals surface area contributed by atoms with Crippen LogP contribution in [0.15, 0.2) is 27.3 Å². The van der Waals surface area contributed by atoms with Crippen LogP contribution in [0.2, 0.25) is 0 Å². The normalized spacial score (nSPS) is 17.8. The molecule has 0 bridgehead atoms. The van der Waals surface area contributed by atoms with Crippen LogP contribution in [0.4, 0.5) is 5.82 Å². The van der Waals surface area contributed by atoms with E-state index in [1.807, 2.05) is 26.1 Å². The van der Waals surface area contributed by atoms with Gasteiger partial charge >= 0.3 is 0 Å². The Balaban J connectivity index is 1.78. The zero-order valence-electron chi connectivity index (χ0n) is 12.8. The van der Waals surface area contributed by atoms with Gasteiger partial charge in [0.2, 0.25) is 0 Å². The van der Waals surface area contributed by atoms with Crippen LogP contribution in [0.25, 0.3) is 0 Å². The molecule has 4 rings (SSSR count). The molecule has 120 valence electrons. The molecule has 2 aromatic rings. The van der Waals surface area contributed by atoms with Crippen molar-refractivity contribution < 1.29 is 9.53 Å². The number of benzene rings is 1. The second kappa shape index (κ2) is 5.08. The first kappa shape index (κ1) is 15.2. The fraction of sp³-hybridized carbons (Fsp3) is 0.375. The molecule has 0 atom stereocenters. The Bertz CT molecular complexity index is 804. The van der Waals surface area contributed by atoms with Gasteiger partial charge in [0.05, 0.1) is 12.7 Å². The molecule has 1 aromatic heterocycles. The predicted octanol–water partition coefficient (Wildman–Crippen LogP) is 3.83. The molecular formula is C16H15Br2N3O2. The Hall–Kier alpha value is -1.34. The van der Waals surface area contributed by atoms with Crippen LogP contribution in [0.5, 0.6) is 5.75 Å². The Labute approximate surface area is 150 Å². The predicted molar refractivity (Wildman–Crippen MR) is 94.1 cm³/mol. The fourth-order valence-electron chi connectivity index (χ4n) is 2.91. The number of carbonyl (C=O) groups excluding carboxylic acids is 1. The van der Waals surface area contributed by atoms with E-state index in [9.17, 15) is 4.79 Å². The minimum Gasteiger partial charge on any atom is -0.480 e. The minimum absolute atomic E-state index is 0.0363. The van der Waals surface area contributed by atoms with E-state index in [1.165, 1.54) is 0 Å². The summed E-state index contributed by atoms with van der Waals surface area (Å²) >= 11 is 7.04. The summed E-state index contributed by atoms with van der Waals surface area (Å²) in [5.74, 6) is 1.38. The van der Waals surface area contributed by atoms with E-state index < -0.39 is 0 Å². The van der Waals surface area contributed by atoms with Crippen molar-refractivity contribution in [1.82, 2.24) is 9.78 Å². The molecule has 0 unspecified atom stereocenters. The van der Waals surface area contributed by atoms with Gasteiger partial charge in [0.1, 0.15) is 5.60 Å². The number of carbonyl (C=O) groups is 1. The molecule has 5 nitrogen and oxygen atoms in total. The lowest BCUT2D eigenvalue weighted by atomic mass is 10.1. The van der Waals surface area contributed by atoms with Gasteiger partial charge in [0, 0.05) is 21.6 Å². The Kier molecular flexibility index (Phi) is 3.36. The van der Waals surface area contributed by atoms with Gasteiger partial charge < -0.3 is 4.74 Å². The highest BCUT2D eigenvalue weighted by Crippen LogP contribution is 2.48. The van der Waals surface area contributed by atoms with Gasteiger partial charge in [-0.25, -0.2) is 4.68 Å². The van der Waals surface area contributed by atoms with Gasteiger partial charge in [0.15, 0.2) is 11.6 Å². The van der Waals surface area contributed by atoms with Gasteiger partial charge in [0.25, 0.3) is 5.91 Å². The summed E-state index contributed by atoms with van der Waals surface area (Å²) in [6.45, 7) is 2.57. The third-order valence-electron chi connectivity index (χ3n) is 4.48. The van der Waals surface area contributed by atoms with Crippen LogP contribution in [-0.2, 0) is 7.05 Å². The van der Waals surface area contributed by atoms with Crippen LogP contribution in [0, 0.1) is 6.92 Å². The van der Waals surface area contributed by atoms with Gasteiger partial charge in [-0.15, -0.1) is 0 Å². The molecule has 1 amide bonds. The molecule has 23 heavy (non-hydrogen) atoms. The molecular weight excluding hydrogens is 426 g/mol. The van der Waals surface area contributed by atoms with Crippen LogP contribution in [0.3, 0.4) is 0 Å². The van der Waals surface area contributed by atoms with Gasteiger partial charge in [-0.1, -0.05) is 31.9 Å². The maximum atomic E-state index is 13.1. The SMILES string of the molecule is Cc1c(Br)cc(C(=O)N2CC3(CC3)Oc3cnn(C)c32)cc1Br. The van der Waals surface area contributed by atoms with Gasteiger partial charge in [-0.2, -0.15) is 5.10 Å². The maximum Gasteiger partial charge on any atom is 0.259 e. The molecule has 1 saturated carbocycles. The molecule has 1 aromatic carbocycles. The third kappa shape index (κ3) is 2.41. The number of hydrogen-bond donors (Lipinski definition) is 0. The van der Waals surface area contributed by atoms with Crippen LogP contribution < -0.4 is 9.64 Å². The second-order valence-electron chi connectivity index (χ2n) is 6.20. The van der Waals surface area contributed by atoms with E-state index >= 15 is 0 Å². The minimum atomic E-state index is -0.217. The van der Waals surface area contributed by atoms with Crippen molar-refractivity contribution in [3.63, 3.8) is 0 Å². The summed E-state index contributed by atoms with van der Waals surface area (Å²) in [6, 6.07) is 3.74. The number of anilines is 1. The molecule has 0 radical (unpaired) electrons. The van der Waals surface area contributed by atoms with E-state index in [4.69, 9.17) is 4.74 Å². The Morgan fingerprint density at radius 2 is 1.96 bits per heavy atom. The molecule has 2 aliphatic rings. The van der Waals surface area contributed by atoms with Crippen molar-refractivity contribution >= 4 is 43.6 Å². The number of halogens is 2. The average molecular weight is 441 g/mol. The average Bonchev–Trinajstić information content (AvgIpc) is 3.16. The summed E-state index contributed by atoms with van der Waals surface area (Å²) < 4.78 is 9.56. The highest BCUT2D eigenvalue weighted by molar-refractivity contribution is 9.11. The molecule has 0 N–H and O–H groups in total. The summed E-state index contributed by atoms with van der Waals surface area (Å²) in [5.41, 5.74) is 1.49. The van der Waals surface area contributed by atoms with Crippen molar-refractivity contribution in [2.45, 2.75) is 25.4 Å². The lowest BCUT2D eigenvalue weighted by molar-refractivity contribution is 0.0940. The van der Waals surface area contributed by atoms with E-state index in [1.54, 1.807) is 15.8 Å². The number of ether oxygens (including phenoxy) is 1. The topological polar surface area (TPSA) is 47.4 Å². The van der Waals surface area contributed by atoms with Crippen molar-refractivity contribution in [2.75, 3.05) is 11.4 Å². The van der Waals surface area contributed by atoms with E-state index in [2.05, 4.69) is 37.0 Å². The first-order valence-corrected chi connectivity index (χ1v) is 8.97. The summed E-state index contributed by atoms with van der Waals surface area (Å²) in [7, 11) is 1.83. The number of aromatic nitrogens is 2. The lowest BCUT2D eigenvalue weighted by Gasteiger charge is -2.33. The Morgan fingerprint density at radius 1 is 1.30 bits per heavy atom. The molecule has 1 aliphatic heterocycles. The molecule has 1 fully saturated rings. The first-order valence-electron chi connectivity index (χ1n) is 7.39. The van der Waals surface area contributed by atoms with E-state index in [0.29, 0.717) is 17.9 Å². The van der Waals surface area contributed by atoms with E-state index in [0.717, 1.165) is 33.2 Å². The number of fused-ring (bicyclic) bond motifs is 1. The number of amides is 1. The van der Waals surface area contributed by atoms with Gasteiger partial charge in [-0.3, -0.25) is 9.69 Å². The highest BCUT2D eigenvalue weighted by atomic mass is 79.9. The summed E-state index contributed by atoms with van der Waals surface area (Å²) in [5, 5.41) is 4.25. The van der Waals surface area contributed by atoms with Crippen molar-refractivity contribution in [3.05, 3.63) is 38.4 Å². The summed E-state index contributed by atoms with van der Waals surface area (Å²) in [4.78, 5) is 14.9. The van der Waals surface area contributed by atoms with Crippen molar-refractivity contribution in [1.29, 1.82) is 0 Å². The quantitative estimate of drug-likeness (QED) is 0.677. The monoisotopic (exact) mass is 439 g/mol. The smallest absolute Gasteiger partial charge is 0.259 e. The van der Waals surface area contributed by atoms with Crippen molar-refractivity contribution in [3.8, 4) is 5.75 Å². The van der Waals surface area contributed by atoms with Crippen LogP contribution in [-0.4, -0.2) is 27.8 Å². The molecule has 1 aliphatic carbocycles. The van der Waals surface area contributed by atoms with Crippen LogP contribution >= 0.6 is 31.9 Å². The number of nitrogens with zero attached hydrogens (tertiary/aromatic N) is 3. The van der Waals surface area contributed by atoms with E-state index in [-0.39, 0.29) is 11.5 Å². The Morgan fingerprint density at radius 3 is 2.57 bits per heavy atom. The standard InChI is InChI=1S/C16H15Br2N3O2/c1-9-11(17)5-10(6-12(9)18)15(22)21-8-16(3-4-16)23-13-7-19-20(2)14(13)21/h5-7H,3-4,8H2,1-2H3. The second-order valence-corrected chi connectivity index (χ2v) is 7.91. The third-order valence-corrected chi connectivity index (χ3v) is 6.13. The maximum absolute atomic E-state index is 13.1. The largest absolute Gasteiger partial charge is 0.480 e. The molecule has 7 heteroatoms. The number of rotatable bonds is 1. The van der Waals surface area contributed by atoms with Crippen LogP contribution in [0.1, 0.15) is 28.8 Å². The summed E-state index contributed by atoms with van der Waals surface area (Å²) in [6.07, 6.45) is 3.65. The highest BCUT2D eigenvalue weighted by Gasteiger charge is 2.52. The van der Waals surface area contributed by atoms with Crippen molar-refractivity contribution in [2.24, 2.45) is 7.05 Å².